The van der Waals surface area contributed by atoms with Crippen molar-refractivity contribution in [3.8, 4) is 6.07 Å². The lowest BCUT2D eigenvalue weighted by molar-refractivity contribution is -0.130. The monoisotopic (exact) mass is 446 g/mol. The third-order valence-electron chi connectivity index (χ3n) is 4.87. The number of rotatable bonds is 6. The Bertz CT molecular complexity index is 1270. The number of fused-ring (bicyclic) bond motifs is 1. The zero-order valence-electron chi connectivity index (χ0n) is 16.6. The van der Waals surface area contributed by atoms with E-state index in [2.05, 4.69) is 16.4 Å². The number of anilines is 1. The molecule has 0 aliphatic heterocycles. The Morgan fingerprint density at radius 1 is 1.13 bits per heavy atom. The van der Waals surface area contributed by atoms with Crippen LogP contribution in [0.2, 0.25) is 0 Å². The van der Waals surface area contributed by atoms with Gasteiger partial charge in [-0.3, -0.25) is 14.9 Å². The second kappa shape index (κ2) is 9.08. The molecule has 2 heterocycles. The number of carbonyl (C=O) groups excluding carboxylic acids is 2. The second-order valence-electron chi connectivity index (χ2n) is 6.86. The summed E-state index contributed by atoms with van der Waals surface area (Å²) in [5.74, 6) is -0.444. The largest absolute Gasteiger partial charge is 0.325 e. The molecule has 154 valence electrons. The van der Waals surface area contributed by atoms with Gasteiger partial charge < -0.3 is 4.90 Å². The highest BCUT2D eigenvalue weighted by Crippen LogP contribution is 2.28. The van der Waals surface area contributed by atoms with Gasteiger partial charge in [0.05, 0.1) is 23.1 Å². The van der Waals surface area contributed by atoms with E-state index in [4.69, 9.17) is 0 Å². The molecule has 6 nitrogen and oxygen atoms in total. The van der Waals surface area contributed by atoms with Crippen molar-refractivity contribution in [2.45, 2.75) is 12.5 Å². The molecule has 0 saturated heterocycles. The van der Waals surface area contributed by atoms with Crippen LogP contribution in [0.15, 0.2) is 65.4 Å². The van der Waals surface area contributed by atoms with Gasteiger partial charge in [-0.15, -0.1) is 22.7 Å². The Balaban J connectivity index is 1.47. The van der Waals surface area contributed by atoms with E-state index in [0.717, 1.165) is 16.3 Å². The normalized spacial score (nSPS) is 11.6. The van der Waals surface area contributed by atoms with Crippen molar-refractivity contribution in [1.82, 2.24) is 9.88 Å². The molecule has 31 heavy (non-hydrogen) atoms. The zero-order chi connectivity index (χ0) is 21.8. The Morgan fingerprint density at radius 2 is 1.94 bits per heavy atom. The maximum Gasteiger partial charge on any atom is 0.267 e. The molecule has 0 aliphatic carbocycles. The fraction of sp³-hybridized carbons (Fsp3) is 0.130. The van der Waals surface area contributed by atoms with E-state index in [1.54, 1.807) is 18.5 Å². The van der Waals surface area contributed by atoms with Crippen molar-refractivity contribution >= 4 is 50.4 Å². The molecule has 0 bridgehead atoms. The van der Waals surface area contributed by atoms with Crippen LogP contribution in [-0.4, -0.2) is 28.7 Å². The molecule has 4 rings (SSSR count). The summed E-state index contributed by atoms with van der Waals surface area (Å²) in [6.07, 6.45) is 0.0464. The maximum atomic E-state index is 12.9. The minimum atomic E-state index is -0.713. The third kappa shape index (κ3) is 4.48. The summed E-state index contributed by atoms with van der Waals surface area (Å²) in [6, 6.07) is 18.6. The molecule has 1 N–H and O–H groups in total. The highest BCUT2D eigenvalue weighted by molar-refractivity contribution is 7.14. The van der Waals surface area contributed by atoms with Gasteiger partial charge in [0.15, 0.2) is 5.13 Å². The molecule has 1 atom stereocenters. The number of nitrogens with zero attached hydrogens (tertiary/aromatic N) is 3. The number of nitriles is 1. The van der Waals surface area contributed by atoms with Crippen molar-refractivity contribution in [1.29, 1.82) is 5.26 Å². The fourth-order valence-corrected chi connectivity index (χ4v) is 4.61. The maximum absolute atomic E-state index is 12.9. The molecule has 0 spiro atoms. The highest BCUT2D eigenvalue weighted by atomic mass is 32.1. The lowest BCUT2D eigenvalue weighted by Gasteiger charge is -2.24. The number of aromatic nitrogens is 1. The Morgan fingerprint density at radius 3 is 2.71 bits per heavy atom. The average molecular weight is 447 g/mol. The molecule has 0 fully saturated rings. The van der Waals surface area contributed by atoms with E-state index in [1.165, 1.54) is 27.6 Å². The number of carbonyl (C=O) groups is 2. The minimum Gasteiger partial charge on any atom is -0.325 e. The number of nitrogens with one attached hydrogen (secondary N) is 1. The van der Waals surface area contributed by atoms with Crippen LogP contribution >= 0.6 is 22.7 Å². The predicted octanol–water partition coefficient (Wildman–Crippen LogP) is 4.88. The molecule has 2 amide bonds. The van der Waals surface area contributed by atoms with Gasteiger partial charge in [-0.25, -0.2) is 4.98 Å². The molecule has 2 aromatic heterocycles. The third-order valence-corrected chi connectivity index (χ3v) is 6.55. The standard InChI is InChI=1S/C23H18N4O2S2/c1-27(19(13-24)18-9-4-7-15-6-2-3-8-17(15)18)21(28)12-16-14-31-23(25-16)26-22(29)20-10-5-11-30-20/h2-11,14,19H,12H2,1H3,(H,25,26,29). The second-order valence-corrected chi connectivity index (χ2v) is 8.66. The molecule has 8 heteroatoms. The van der Waals surface area contributed by atoms with Gasteiger partial charge in [-0.05, 0) is 27.8 Å². The fourth-order valence-electron chi connectivity index (χ4n) is 3.29. The molecule has 4 aromatic rings. The molecule has 0 radical (unpaired) electrons. The molecule has 2 aromatic carbocycles. The Kier molecular flexibility index (Phi) is 6.07. The summed E-state index contributed by atoms with van der Waals surface area (Å²) in [5, 5.41) is 18.5. The van der Waals surface area contributed by atoms with Crippen molar-refractivity contribution in [3.63, 3.8) is 0 Å². The lowest BCUT2D eigenvalue weighted by Crippen LogP contribution is -2.32. The van der Waals surface area contributed by atoms with Crippen LogP contribution in [0.4, 0.5) is 5.13 Å². The first kappa shape index (κ1) is 20.7. The van der Waals surface area contributed by atoms with Gasteiger partial charge in [0.1, 0.15) is 6.04 Å². The molecular weight excluding hydrogens is 428 g/mol. The van der Waals surface area contributed by atoms with Crippen LogP contribution in [0.3, 0.4) is 0 Å². The van der Waals surface area contributed by atoms with Crippen LogP contribution in [0.5, 0.6) is 0 Å². The van der Waals surface area contributed by atoms with E-state index in [-0.39, 0.29) is 18.2 Å². The number of hydrogen-bond donors (Lipinski definition) is 1. The van der Waals surface area contributed by atoms with Gasteiger partial charge in [-0.2, -0.15) is 5.26 Å². The van der Waals surface area contributed by atoms with Crippen LogP contribution in [0.25, 0.3) is 10.8 Å². The molecule has 1 unspecified atom stereocenters. The molecule has 0 saturated carbocycles. The smallest absolute Gasteiger partial charge is 0.267 e. The van der Waals surface area contributed by atoms with E-state index in [1.807, 2.05) is 53.9 Å². The number of benzene rings is 2. The van der Waals surface area contributed by atoms with Crippen LogP contribution in [-0.2, 0) is 11.2 Å². The van der Waals surface area contributed by atoms with Crippen molar-refractivity contribution in [3.05, 3.63) is 81.5 Å². The van der Waals surface area contributed by atoms with E-state index >= 15 is 0 Å². The van der Waals surface area contributed by atoms with Crippen molar-refractivity contribution in [2.75, 3.05) is 12.4 Å². The molecular formula is C23H18N4O2S2. The van der Waals surface area contributed by atoms with E-state index in [0.29, 0.717) is 15.7 Å². The minimum absolute atomic E-state index is 0.0464. The zero-order valence-corrected chi connectivity index (χ0v) is 18.2. The number of amides is 2. The van der Waals surface area contributed by atoms with Gasteiger partial charge in [0.2, 0.25) is 5.91 Å². The summed E-state index contributed by atoms with van der Waals surface area (Å²) in [5.41, 5.74) is 1.34. The summed E-state index contributed by atoms with van der Waals surface area (Å²) in [7, 11) is 1.63. The summed E-state index contributed by atoms with van der Waals surface area (Å²) in [6.45, 7) is 0. The molecule has 0 aliphatic rings. The van der Waals surface area contributed by atoms with Gasteiger partial charge in [0, 0.05) is 12.4 Å². The summed E-state index contributed by atoms with van der Waals surface area (Å²) in [4.78, 5) is 31.5. The Hall–Kier alpha value is -3.54. The number of thiophene rings is 1. The van der Waals surface area contributed by atoms with Gasteiger partial charge in [-0.1, -0.05) is 48.5 Å². The van der Waals surface area contributed by atoms with E-state index in [9.17, 15) is 14.9 Å². The summed E-state index contributed by atoms with van der Waals surface area (Å²) >= 11 is 2.62. The average Bonchev–Trinajstić information content (AvgIpc) is 3.47. The summed E-state index contributed by atoms with van der Waals surface area (Å²) < 4.78 is 0. The number of thiazole rings is 1. The van der Waals surface area contributed by atoms with Crippen LogP contribution < -0.4 is 5.32 Å². The first-order valence-corrected chi connectivity index (χ1v) is 11.2. The predicted molar refractivity (Wildman–Crippen MR) is 123 cm³/mol. The van der Waals surface area contributed by atoms with E-state index < -0.39 is 6.04 Å². The quantitative estimate of drug-likeness (QED) is 0.458. The van der Waals surface area contributed by atoms with Crippen LogP contribution in [0.1, 0.15) is 27.0 Å². The van der Waals surface area contributed by atoms with Crippen molar-refractivity contribution in [2.24, 2.45) is 0 Å². The van der Waals surface area contributed by atoms with Crippen molar-refractivity contribution < 1.29 is 9.59 Å². The number of likely N-dealkylation sites (N-methyl/N-ethyl adjacent to an activating group) is 1. The van der Waals surface area contributed by atoms with Gasteiger partial charge in [0.25, 0.3) is 5.91 Å². The first-order valence-electron chi connectivity index (χ1n) is 9.49. The lowest BCUT2D eigenvalue weighted by atomic mass is 9.98. The van der Waals surface area contributed by atoms with Crippen LogP contribution in [0, 0.1) is 11.3 Å². The topological polar surface area (TPSA) is 86.1 Å². The first-order chi connectivity index (χ1) is 15.1. The van der Waals surface area contributed by atoms with Gasteiger partial charge >= 0.3 is 0 Å². The highest BCUT2D eigenvalue weighted by Gasteiger charge is 2.24. The SMILES string of the molecule is CN(C(=O)Cc1csc(NC(=O)c2cccs2)n1)C(C#N)c1cccc2ccccc12. The number of hydrogen-bond acceptors (Lipinski definition) is 6. The Labute approximate surface area is 187 Å².